The minimum atomic E-state index is -4.70. The summed E-state index contributed by atoms with van der Waals surface area (Å²) in [7, 11) is 1.31. The van der Waals surface area contributed by atoms with Crippen LogP contribution in [0, 0.1) is 5.82 Å². The van der Waals surface area contributed by atoms with E-state index >= 15 is 0 Å². The van der Waals surface area contributed by atoms with Gasteiger partial charge in [0.15, 0.2) is 0 Å². The molecule has 1 fully saturated rings. The number of morpholine rings is 1. The van der Waals surface area contributed by atoms with Crippen molar-refractivity contribution in [3.05, 3.63) is 35.3 Å². The van der Waals surface area contributed by atoms with Crippen LogP contribution in [0.5, 0.6) is 11.6 Å². The van der Waals surface area contributed by atoms with Crippen LogP contribution in [0.15, 0.2) is 18.3 Å². The fourth-order valence-electron chi connectivity index (χ4n) is 2.91. The maximum Gasteiger partial charge on any atom is 0.423 e. The van der Waals surface area contributed by atoms with Crippen molar-refractivity contribution in [3.8, 4) is 11.6 Å². The highest BCUT2D eigenvalue weighted by atomic mass is 19.4. The molecule has 0 spiro atoms. The molecular weight excluding hydrogens is 424 g/mol. The SMILES string of the molecule is CCOc1nc(Nc2cc(F)c(C(=O)N3CCOCC3)cc2OC)ncc1C(F)(F)F. The smallest absolute Gasteiger partial charge is 0.423 e. The van der Waals surface area contributed by atoms with E-state index in [1.54, 1.807) is 0 Å². The number of nitrogens with one attached hydrogen (secondary N) is 1. The molecule has 1 saturated heterocycles. The van der Waals surface area contributed by atoms with Crippen molar-refractivity contribution in [2.24, 2.45) is 0 Å². The quantitative estimate of drug-likeness (QED) is 0.685. The van der Waals surface area contributed by atoms with Gasteiger partial charge in [0.25, 0.3) is 5.91 Å². The van der Waals surface area contributed by atoms with Gasteiger partial charge in [-0.15, -0.1) is 0 Å². The van der Waals surface area contributed by atoms with Crippen LogP contribution < -0.4 is 14.8 Å². The minimum absolute atomic E-state index is 0.0285. The van der Waals surface area contributed by atoms with Crippen LogP contribution in [0.4, 0.5) is 29.2 Å². The van der Waals surface area contributed by atoms with Crippen molar-refractivity contribution in [1.82, 2.24) is 14.9 Å². The number of carbonyl (C=O) groups is 1. The average molecular weight is 444 g/mol. The molecule has 0 radical (unpaired) electrons. The number of anilines is 2. The molecule has 1 aromatic heterocycles. The lowest BCUT2D eigenvalue weighted by atomic mass is 10.1. The first-order valence-electron chi connectivity index (χ1n) is 9.33. The van der Waals surface area contributed by atoms with Crippen LogP contribution >= 0.6 is 0 Å². The maximum atomic E-state index is 14.7. The van der Waals surface area contributed by atoms with Crippen molar-refractivity contribution < 1.29 is 36.6 Å². The Morgan fingerprint density at radius 1 is 1.29 bits per heavy atom. The zero-order chi connectivity index (χ0) is 22.6. The molecule has 1 aliphatic heterocycles. The highest BCUT2D eigenvalue weighted by Gasteiger charge is 2.36. The summed E-state index contributed by atoms with van der Waals surface area (Å²) in [6, 6.07) is 2.21. The first-order valence-corrected chi connectivity index (χ1v) is 9.33. The Bertz CT molecular complexity index is 949. The molecule has 1 amide bonds. The number of amides is 1. The van der Waals surface area contributed by atoms with Gasteiger partial charge in [-0.05, 0) is 13.0 Å². The molecule has 0 unspecified atom stereocenters. The lowest BCUT2D eigenvalue weighted by Crippen LogP contribution is -2.41. The summed E-state index contributed by atoms with van der Waals surface area (Å²) in [6.07, 6.45) is -4.13. The molecule has 168 valence electrons. The number of hydrogen-bond donors (Lipinski definition) is 1. The number of ether oxygens (including phenoxy) is 3. The lowest BCUT2D eigenvalue weighted by molar-refractivity contribution is -0.139. The molecule has 1 aromatic carbocycles. The van der Waals surface area contributed by atoms with Crippen molar-refractivity contribution in [1.29, 1.82) is 0 Å². The fourth-order valence-corrected chi connectivity index (χ4v) is 2.91. The van der Waals surface area contributed by atoms with Gasteiger partial charge < -0.3 is 24.4 Å². The van der Waals surface area contributed by atoms with Crippen LogP contribution in [-0.2, 0) is 10.9 Å². The zero-order valence-corrected chi connectivity index (χ0v) is 16.8. The standard InChI is InChI=1S/C19H20F4N4O4/c1-3-31-16-12(19(21,22)23)10-24-18(26-16)25-14-9-13(20)11(8-15(14)29-2)17(28)27-4-6-30-7-5-27/h8-10H,3-7H2,1-2H3,(H,24,25,26). The molecule has 1 aliphatic rings. The van der Waals surface area contributed by atoms with E-state index in [-0.39, 0.29) is 29.6 Å². The van der Waals surface area contributed by atoms with Crippen molar-refractivity contribution in [2.75, 3.05) is 45.3 Å². The number of hydrogen-bond acceptors (Lipinski definition) is 7. The van der Waals surface area contributed by atoms with E-state index in [1.165, 1.54) is 25.0 Å². The average Bonchev–Trinajstić information content (AvgIpc) is 2.74. The summed E-state index contributed by atoms with van der Waals surface area (Å²) in [5, 5.41) is 2.61. The van der Waals surface area contributed by atoms with Crippen molar-refractivity contribution in [2.45, 2.75) is 13.1 Å². The van der Waals surface area contributed by atoms with Gasteiger partial charge in [-0.3, -0.25) is 4.79 Å². The van der Waals surface area contributed by atoms with Gasteiger partial charge in [-0.25, -0.2) is 9.37 Å². The van der Waals surface area contributed by atoms with Gasteiger partial charge in [-0.2, -0.15) is 18.2 Å². The Kier molecular flexibility index (Phi) is 6.78. The fraction of sp³-hybridized carbons (Fsp3) is 0.421. The van der Waals surface area contributed by atoms with Gasteiger partial charge in [0.05, 0.1) is 38.2 Å². The molecule has 1 N–H and O–H groups in total. The predicted molar refractivity (Wildman–Crippen MR) is 101 cm³/mol. The highest BCUT2D eigenvalue weighted by Crippen LogP contribution is 2.36. The second-order valence-corrected chi connectivity index (χ2v) is 6.41. The first kappa shape index (κ1) is 22.5. The third-order valence-corrected chi connectivity index (χ3v) is 4.40. The largest absolute Gasteiger partial charge is 0.495 e. The van der Waals surface area contributed by atoms with Crippen LogP contribution in [0.25, 0.3) is 0 Å². The van der Waals surface area contributed by atoms with Gasteiger partial charge in [0.2, 0.25) is 11.8 Å². The van der Waals surface area contributed by atoms with Crippen LogP contribution in [0.2, 0.25) is 0 Å². The summed E-state index contributed by atoms with van der Waals surface area (Å²) in [4.78, 5) is 21.4. The van der Waals surface area contributed by atoms with Crippen LogP contribution in [-0.4, -0.2) is 60.8 Å². The van der Waals surface area contributed by atoms with Gasteiger partial charge in [0, 0.05) is 25.4 Å². The van der Waals surface area contributed by atoms with E-state index in [2.05, 4.69) is 15.3 Å². The number of alkyl halides is 3. The lowest BCUT2D eigenvalue weighted by Gasteiger charge is -2.27. The Balaban J connectivity index is 1.90. The normalized spacial score (nSPS) is 14.3. The van der Waals surface area contributed by atoms with E-state index in [4.69, 9.17) is 14.2 Å². The molecule has 12 heteroatoms. The monoisotopic (exact) mass is 444 g/mol. The number of nitrogens with zero attached hydrogens (tertiary/aromatic N) is 3. The molecule has 2 heterocycles. The van der Waals surface area contributed by atoms with Gasteiger partial charge in [-0.1, -0.05) is 0 Å². The van der Waals surface area contributed by atoms with Crippen molar-refractivity contribution in [3.63, 3.8) is 0 Å². The second-order valence-electron chi connectivity index (χ2n) is 6.41. The van der Waals surface area contributed by atoms with Crippen LogP contribution in [0.1, 0.15) is 22.8 Å². The van der Waals surface area contributed by atoms with Gasteiger partial charge in [0.1, 0.15) is 17.1 Å². The molecule has 0 atom stereocenters. The molecule has 2 aromatic rings. The number of benzene rings is 1. The molecule has 8 nitrogen and oxygen atoms in total. The molecule has 0 bridgehead atoms. The summed E-state index contributed by atoms with van der Waals surface area (Å²) >= 11 is 0. The zero-order valence-electron chi connectivity index (χ0n) is 16.8. The summed E-state index contributed by atoms with van der Waals surface area (Å²) in [5.41, 5.74) is -1.31. The maximum absolute atomic E-state index is 14.7. The molecule has 3 rings (SSSR count). The third-order valence-electron chi connectivity index (χ3n) is 4.40. The highest BCUT2D eigenvalue weighted by molar-refractivity contribution is 5.95. The molecule has 31 heavy (non-hydrogen) atoms. The Morgan fingerprint density at radius 3 is 2.61 bits per heavy atom. The molecule has 0 saturated carbocycles. The van der Waals surface area contributed by atoms with E-state index in [9.17, 15) is 22.4 Å². The molecular formula is C19H20F4N4O4. The Hall–Kier alpha value is -3.15. The Morgan fingerprint density at radius 2 is 2.00 bits per heavy atom. The number of methoxy groups -OCH3 is 1. The summed E-state index contributed by atoms with van der Waals surface area (Å²) < 4.78 is 69.3. The number of aromatic nitrogens is 2. The molecule has 0 aliphatic carbocycles. The Labute approximate surface area is 175 Å². The minimum Gasteiger partial charge on any atom is -0.495 e. The van der Waals surface area contributed by atoms with E-state index in [0.29, 0.717) is 32.5 Å². The first-order chi connectivity index (χ1) is 14.7. The van der Waals surface area contributed by atoms with Crippen LogP contribution in [0.3, 0.4) is 0 Å². The summed E-state index contributed by atoms with van der Waals surface area (Å²) in [6.45, 7) is 2.85. The number of halogens is 4. The topological polar surface area (TPSA) is 85.8 Å². The predicted octanol–water partition coefficient (Wildman–Crippen LogP) is 3.26. The van der Waals surface area contributed by atoms with E-state index in [1.807, 2.05) is 0 Å². The van der Waals surface area contributed by atoms with Crippen molar-refractivity contribution >= 4 is 17.5 Å². The van der Waals surface area contributed by atoms with E-state index in [0.717, 1.165) is 6.07 Å². The van der Waals surface area contributed by atoms with E-state index < -0.39 is 29.3 Å². The van der Waals surface area contributed by atoms with Gasteiger partial charge >= 0.3 is 6.18 Å². The second kappa shape index (κ2) is 9.33. The number of rotatable bonds is 6. The number of carbonyl (C=O) groups excluding carboxylic acids is 1. The summed E-state index contributed by atoms with van der Waals surface area (Å²) in [5.74, 6) is -2.20. The third kappa shape index (κ3) is 5.13.